The Hall–Kier alpha value is -4.31. The minimum atomic E-state index is -4.40. The Morgan fingerprint density at radius 3 is 2.24 bits per heavy atom. The van der Waals surface area contributed by atoms with Gasteiger partial charge in [0.1, 0.15) is 18.0 Å². The van der Waals surface area contributed by atoms with Crippen LogP contribution in [0.3, 0.4) is 0 Å². The molecule has 45 heavy (non-hydrogen) atoms. The first-order valence-corrected chi connectivity index (χ1v) is 16.6. The highest BCUT2D eigenvalue weighted by atomic mass is 35.5. The van der Waals surface area contributed by atoms with Crippen molar-refractivity contribution in [3.05, 3.63) is 83.0 Å². The van der Waals surface area contributed by atoms with Gasteiger partial charge >= 0.3 is 11.9 Å². The first-order chi connectivity index (χ1) is 21.3. The molecule has 0 saturated carbocycles. The number of esters is 1. The van der Waals surface area contributed by atoms with E-state index in [1.54, 1.807) is 19.2 Å². The molecule has 0 unspecified atom stereocenters. The molecule has 0 spiro atoms. The third-order valence-electron chi connectivity index (χ3n) is 6.67. The van der Waals surface area contributed by atoms with Crippen molar-refractivity contribution < 1.29 is 45.7 Å². The van der Waals surface area contributed by atoms with Crippen LogP contribution in [0.1, 0.15) is 11.3 Å². The fourth-order valence-corrected chi connectivity index (χ4v) is 7.52. The van der Waals surface area contributed by atoms with Crippen LogP contribution in [-0.4, -0.2) is 66.0 Å². The fraction of sp³-hybridized carbons (Fsp3) is 0.241. The van der Waals surface area contributed by atoms with Crippen LogP contribution in [0, 0.1) is 0 Å². The highest BCUT2D eigenvalue weighted by Crippen LogP contribution is 2.37. The van der Waals surface area contributed by atoms with Crippen LogP contribution in [0.25, 0.3) is 10.9 Å². The predicted octanol–water partition coefficient (Wildman–Crippen LogP) is 3.75. The number of rotatable bonds is 14. The molecule has 4 aromatic rings. The molecule has 0 fully saturated rings. The summed E-state index contributed by atoms with van der Waals surface area (Å²) in [6.45, 7) is -1.08. The van der Waals surface area contributed by atoms with Crippen LogP contribution in [0.4, 0.5) is 11.4 Å². The van der Waals surface area contributed by atoms with Gasteiger partial charge in [0.25, 0.3) is 10.0 Å². The zero-order valence-electron chi connectivity index (χ0n) is 24.4. The summed E-state index contributed by atoms with van der Waals surface area (Å²) in [6.07, 6.45) is -0.0253. The van der Waals surface area contributed by atoms with Gasteiger partial charge in [0.2, 0.25) is 10.0 Å². The molecule has 1 aromatic heterocycles. The molecule has 16 heteroatoms. The van der Waals surface area contributed by atoms with E-state index in [1.807, 2.05) is 0 Å². The Kier molecular flexibility index (Phi) is 10.3. The Balaban J connectivity index is 1.66. The minimum absolute atomic E-state index is 0.000519. The molecule has 2 N–H and O–H groups in total. The van der Waals surface area contributed by atoms with E-state index in [0.29, 0.717) is 16.8 Å². The van der Waals surface area contributed by atoms with E-state index in [2.05, 4.69) is 4.72 Å². The van der Waals surface area contributed by atoms with Crippen molar-refractivity contribution in [1.82, 2.24) is 4.57 Å². The summed E-state index contributed by atoms with van der Waals surface area (Å²) in [5.41, 5.74) is 1.41. The smallest absolute Gasteiger partial charge is 0.324 e. The number of methoxy groups -OCH3 is 2. The molecule has 4 rings (SSSR count). The quantitative estimate of drug-likeness (QED) is 0.148. The van der Waals surface area contributed by atoms with Crippen molar-refractivity contribution in [3.8, 4) is 5.75 Å². The number of aromatic nitrogens is 1. The number of hydrogen-bond acceptors (Lipinski definition) is 9. The standard InChI is InChI=1S/C29H30ClN3O10S2/c1-32-21(17-44(37,38)31-20-6-4-19(5-7-20)14-28(36)43-18-41-2)15-24-26(13-12-25(30)29(24)32)33(16-27(34)35)45(39,40)23-10-8-22(42-3)9-11-23/h4-13,15,31H,14,16-18H2,1-3H3,(H,34,35). The molecule has 13 nitrogen and oxygen atoms in total. The molecule has 0 atom stereocenters. The molecule has 0 radical (unpaired) electrons. The summed E-state index contributed by atoms with van der Waals surface area (Å²) in [5, 5.41) is 10.1. The minimum Gasteiger partial charge on any atom is -0.497 e. The normalized spacial score (nSPS) is 11.7. The van der Waals surface area contributed by atoms with Crippen molar-refractivity contribution in [2.75, 3.05) is 36.6 Å². The molecule has 240 valence electrons. The number of carboxylic acids is 1. The van der Waals surface area contributed by atoms with Gasteiger partial charge in [-0.05, 0) is 60.2 Å². The van der Waals surface area contributed by atoms with Crippen LogP contribution in [0.2, 0.25) is 5.02 Å². The number of benzene rings is 3. The summed E-state index contributed by atoms with van der Waals surface area (Å²) in [5.74, 6) is -2.02. The lowest BCUT2D eigenvalue weighted by molar-refractivity contribution is -0.153. The maximum absolute atomic E-state index is 13.7. The number of carboxylic acid groups (broad SMARTS) is 1. The second kappa shape index (κ2) is 13.8. The van der Waals surface area contributed by atoms with E-state index in [9.17, 15) is 31.5 Å². The molecule has 0 amide bonds. The lowest BCUT2D eigenvalue weighted by Gasteiger charge is -2.24. The van der Waals surface area contributed by atoms with E-state index in [0.717, 1.165) is 4.31 Å². The highest BCUT2D eigenvalue weighted by Gasteiger charge is 2.30. The van der Waals surface area contributed by atoms with Gasteiger partial charge in [-0.2, -0.15) is 0 Å². The van der Waals surface area contributed by atoms with Crippen molar-refractivity contribution >= 4 is 65.9 Å². The van der Waals surface area contributed by atoms with Gasteiger partial charge in [0.05, 0.1) is 34.7 Å². The third kappa shape index (κ3) is 7.86. The average molecular weight is 680 g/mol. The zero-order chi connectivity index (χ0) is 32.9. The Morgan fingerprint density at radius 2 is 1.64 bits per heavy atom. The second-order valence-corrected chi connectivity index (χ2v) is 13.8. The lowest BCUT2D eigenvalue weighted by Crippen LogP contribution is -2.35. The number of aryl methyl sites for hydroxylation is 1. The van der Waals surface area contributed by atoms with E-state index in [4.69, 9.17) is 25.8 Å². The van der Waals surface area contributed by atoms with Crippen LogP contribution in [0.15, 0.2) is 71.6 Å². The number of aliphatic carboxylic acids is 1. The van der Waals surface area contributed by atoms with Crippen molar-refractivity contribution in [2.24, 2.45) is 7.05 Å². The second-order valence-electron chi connectivity index (χ2n) is 9.76. The number of nitrogens with one attached hydrogen (secondary N) is 1. The molecular formula is C29H30ClN3O10S2. The van der Waals surface area contributed by atoms with E-state index >= 15 is 0 Å². The summed E-state index contributed by atoms with van der Waals surface area (Å²) in [6, 6.07) is 15.9. The molecular weight excluding hydrogens is 650 g/mol. The third-order valence-corrected chi connectivity index (χ3v) is 9.97. The van der Waals surface area contributed by atoms with E-state index < -0.39 is 44.3 Å². The van der Waals surface area contributed by atoms with Gasteiger partial charge in [0.15, 0.2) is 6.79 Å². The largest absolute Gasteiger partial charge is 0.497 e. The topological polar surface area (TPSA) is 171 Å². The summed E-state index contributed by atoms with van der Waals surface area (Å²) >= 11 is 6.48. The first kappa shape index (κ1) is 33.6. The number of carbonyl (C=O) groups is 2. The van der Waals surface area contributed by atoms with Crippen molar-refractivity contribution in [2.45, 2.75) is 17.1 Å². The first-order valence-electron chi connectivity index (χ1n) is 13.1. The zero-order valence-corrected chi connectivity index (χ0v) is 26.8. The summed E-state index contributed by atoms with van der Waals surface area (Å²) in [7, 11) is -4.02. The summed E-state index contributed by atoms with van der Waals surface area (Å²) < 4.78 is 73.1. The van der Waals surface area contributed by atoms with Gasteiger partial charge in [-0.15, -0.1) is 0 Å². The molecule has 0 aliphatic heterocycles. The van der Waals surface area contributed by atoms with Gasteiger partial charge in [-0.25, -0.2) is 16.8 Å². The van der Waals surface area contributed by atoms with E-state index in [-0.39, 0.29) is 45.6 Å². The maximum Gasteiger partial charge on any atom is 0.324 e. The average Bonchev–Trinajstić information content (AvgIpc) is 3.31. The van der Waals surface area contributed by atoms with Crippen molar-refractivity contribution in [1.29, 1.82) is 0 Å². The SMILES string of the molecule is COCOC(=O)Cc1ccc(NS(=O)(=O)Cc2cc3c(N(CC(=O)O)S(=O)(=O)c4ccc(OC)cc4)ccc(Cl)c3n2C)cc1. The van der Waals surface area contributed by atoms with Gasteiger partial charge in [-0.1, -0.05) is 23.7 Å². The number of fused-ring (bicyclic) bond motifs is 1. The predicted molar refractivity (Wildman–Crippen MR) is 167 cm³/mol. The number of halogens is 1. The summed E-state index contributed by atoms with van der Waals surface area (Å²) in [4.78, 5) is 23.5. The number of ether oxygens (including phenoxy) is 3. The van der Waals surface area contributed by atoms with Crippen LogP contribution in [0.5, 0.6) is 5.75 Å². The molecule has 3 aromatic carbocycles. The molecule has 1 heterocycles. The Bertz CT molecular complexity index is 1930. The van der Waals surface area contributed by atoms with Crippen molar-refractivity contribution in [3.63, 3.8) is 0 Å². The molecule has 0 aliphatic carbocycles. The monoisotopic (exact) mass is 679 g/mol. The maximum atomic E-state index is 13.7. The number of sulfonamides is 2. The van der Waals surface area contributed by atoms with E-state index in [1.165, 1.54) is 73.4 Å². The van der Waals surface area contributed by atoms with Gasteiger partial charge in [0, 0.05) is 30.9 Å². The van der Waals surface area contributed by atoms with Gasteiger partial charge < -0.3 is 23.9 Å². The number of carbonyl (C=O) groups excluding carboxylic acids is 1. The fourth-order valence-electron chi connectivity index (χ4n) is 4.56. The van der Waals surface area contributed by atoms with Crippen LogP contribution in [-0.2, 0) is 58.3 Å². The van der Waals surface area contributed by atoms with Crippen LogP contribution < -0.4 is 13.8 Å². The lowest BCUT2D eigenvalue weighted by atomic mass is 10.1. The molecule has 0 saturated heterocycles. The Morgan fingerprint density at radius 1 is 0.978 bits per heavy atom. The number of nitrogens with zero attached hydrogens (tertiary/aromatic N) is 2. The molecule has 0 bridgehead atoms. The number of anilines is 2. The Labute approximate surface area is 265 Å². The van der Waals surface area contributed by atoms with Crippen LogP contribution >= 0.6 is 11.6 Å². The van der Waals surface area contributed by atoms with Gasteiger partial charge in [-0.3, -0.25) is 18.6 Å². The molecule has 0 aliphatic rings. The number of hydrogen-bond donors (Lipinski definition) is 2. The highest BCUT2D eigenvalue weighted by molar-refractivity contribution is 7.93.